The minimum Gasteiger partial charge on any atom is -0.494 e. The molecule has 26 heavy (non-hydrogen) atoms. The van der Waals surface area contributed by atoms with Crippen LogP contribution in [0.4, 0.5) is 0 Å². The fraction of sp³-hybridized carbons (Fsp3) is 0.300. The lowest BCUT2D eigenvalue weighted by atomic mass is 10.1. The highest BCUT2D eigenvalue weighted by molar-refractivity contribution is 7.98. The second-order valence-electron chi connectivity index (χ2n) is 6.01. The van der Waals surface area contributed by atoms with Gasteiger partial charge in [0.2, 0.25) is 5.43 Å². The Hall–Kier alpha value is -2.47. The molecule has 136 valence electrons. The molecule has 0 aliphatic heterocycles. The standard InChI is InChI=1S/C20H20O5S/c1-3-4-5-8-24-13-10-15-18(21)14-9-12(20(22)23)6-7-16(14)25-19(15)17(11-13)26-2/h6-7,9-11H,3-5,8H2,1-2H3,(H,22,23). The first-order valence-corrected chi connectivity index (χ1v) is 9.72. The molecular weight excluding hydrogens is 352 g/mol. The van der Waals surface area contributed by atoms with E-state index in [1.54, 1.807) is 6.07 Å². The smallest absolute Gasteiger partial charge is 0.335 e. The summed E-state index contributed by atoms with van der Waals surface area (Å²) in [6.07, 6.45) is 5.07. The van der Waals surface area contributed by atoms with Crippen molar-refractivity contribution in [2.45, 2.75) is 31.1 Å². The Morgan fingerprint density at radius 1 is 1.19 bits per heavy atom. The number of unbranched alkanes of at least 4 members (excludes halogenated alkanes) is 2. The number of carboxylic acids is 1. The van der Waals surface area contributed by atoms with Crippen LogP contribution in [0.2, 0.25) is 0 Å². The van der Waals surface area contributed by atoms with E-state index in [1.807, 2.05) is 12.3 Å². The van der Waals surface area contributed by atoms with Crippen molar-refractivity contribution < 1.29 is 19.1 Å². The van der Waals surface area contributed by atoms with Crippen molar-refractivity contribution in [2.24, 2.45) is 0 Å². The van der Waals surface area contributed by atoms with Crippen LogP contribution in [0.1, 0.15) is 36.5 Å². The van der Waals surface area contributed by atoms with Crippen LogP contribution < -0.4 is 10.2 Å². The summed E-state index contributed by atoms with van der Waals surface area (Å²) in [6.45, 7) is 2.72. The Morgan fingerprint density at radius 3 is 2.69 bits per heavy atom. The minimum atomic E-state index is -1.08. The van der Waals surface area contributed by atoms with Crippen molar-refractivity contribution in [3.05, 3.63) is 46.1 Å². The van der Waals surface area contributed by atoms with Crippen LogP contribution >= 0.6 is 11.8 Å². The zero-order valence-electron chi connectivity index (χ0n) is 14.7. The molecule has 0 amide bonds. The predicted octanol–water partition coefficient (Wildman–Crippen LogP) is 4.94. The van der Waals surface area contributed by atoms with Crippen LogP contribution in [0.5, 0.6) is 5.75 Å². The molecule has 0 aliphatic carbocycles. The summed E-state index contributed by atoms with van der Waals surface area (Å²) in [7, 11) is 0. The van der Waals surface area contributed by atoms with E-state index in [4.69, 9.17) is 14.3 Å². The van der Waals surface area contributed by atoms with Gasteiger partial charge in [0.25, 0.3) is 0 Å². The van der Waals surface area contributed by atoms with Gasteiger partial charge in [0.15, 0.2) is 5.58 Å². The predicted molar refractivity (Wildman–Crippen MR) is 104 cm³/mol. The Balaban J connectivity index is 2.15. The summed E-state index contributed by atoms with van der Waals surface area (Å²) in [4.78, 5) is 24.9. The molecule has 0 bridgehead atoms. The first-order chi connectivity index (χ1) is 12.5. The van der Waals surface area contributed by atoms with Gasteiger partial charge >= 0.3 is 5.97 Å². The number of hydrogen-bond donors (Lipinski definition) is 1. The first-order valence-electron chi connectivity index (χ1n) is 8.50. The molecule has 0 radical (unpaired) electrons. The van der Waals surface area contributed by atoms with Crippen LogP contribution in [0.15, 0.2) is 44.4 Å². The molecule has 3 aromatic rings. The maximum Gasteiger partial charge on any atom is 0.335 e. The maximum absolute atomic E-state index is 12.9. The van der Waals surface area contributed by atoms with Gasteiger partial charge in [-0.3, -0.25) is 4.79 Å². The average molecular weight is 372 g/mol. The van der Waals surface area contributed by atoms with Gasteiger partial charge in [-0.25, -0.2) is 4.79 Å². The van der Waals surface area contributed by atoms with E-state index in [1.165, 1.54) is 30.0 Å². The van der Waals surface area contributed by atoms with Gasteiger partial charge in [-0.1, -0.05) is 19.8 Å². The topological polar surface area (TPSA) is 76.7 Å². The number of hydrogen-bond acceptors (Lipinski definition) is 5. The summed E-state index contributed by atoms with van der Waals surface area (Å²) >= 11 is 1.47. The summed E-state index contributed by atoms with van der Waals surface area (Å²) in [5.74, 6) is -0.455. The summed E-state index contributed by atoms with van der Waals surface area (Å²) < 4.78 is 11.7. The molecule has 1 aromatic heterocycles. The molecule has 0 spiro atoms. The van der Waals surface area contributed by atoms with E-state index in [0.717, 1.165) is 24.2 Å². The first kappa shape index (κ1) is 18.3. The van der Waals surface area contributed by atoms with E-state index < -0.39 is 5.97 Å². The number of carbonyl (C=O) groups is 1. The second kappa shape index (κ2) is 7.83. The Morgan fingerprint density at radius 2 is 2.00 bits per heavy atom. The van der Waals surface area contributed by atoms with Crippen LogP contribution in [-0.4, -0.2) is 23.9 Å². The normalized spacial score (nSPS) is 11.2. The number of rotatable bonds is 7. The summed E-state index contributed by atoms with van der Waals surface area (Å²) in [6, 6.07) is 7.87. The highest BCUT2D eigenvalue weighted by atomic mass is 32.2. The van der Waals surface area contributed by atoms with Crippen LogP contribution in [0.3, 0.4) is 0 Å². The molecule has 0 fully saturated rings. The Kier molecular flexibility index (Phi) is 5.52. The molecule has 0 atom stereocenters. The zero-order chi connectivity index (χ0) is 18.7. The van der Waals surface area contributed by atoms with Gasteiger partial charge in [-0.15, -0.1) is 11.8 Å². The van der Waals surface area contributed by atoms with Crippen molar-refractivity contribution in [2.75, 3.05) is 12.9 Å². The lowest BCUT2D eigenvalue weighted by Crippen LogP contribution is -2.06. The molecule has 3 rings (SSSR count). The number of carboxylic acid groups (broad SMARTS) is 1. The quantitative estimate of drug-likeness (QED) is 0.360. The van der Waals surface area contributed by atoms with Gasteiger partial charge in [0, 0.05) is 0 Å². The third kappa shape index (κ3) is 3.55. The largest absolute Gasteiger partial charge is 0.494 e. The molecule has 0 saturated carbocycles. The van der Waals surface area contributed by atoms with Crippen molar-refractivity contribution in [1.29, 1.82) is 0 Å². The zero-order valence-corrected chi connectivity index (χ0v) is 15.5. The molecule has 0 saturated heterocycles. The second-order valence-corrected chi connectivity index (χ2v) is 6.85. The van der Waals surface area contributed by atoms with E-state index in [-0.39, 0.29) is 16.4 Å². The maximum atomic E-state index is 12.9. The fourth-order valence-corrected chi connectivity index (χ4v) is 3.38. The number of fused-ring (bicyclic) bond motifs is 2. The van der Waals surface area contributed by atoms with E-state index >= 15 is 0 Å². The highest BCUT2D eigenvalue weighted by Gasteiger charge is 2.15. The Bertz CT molecular complexity index is 1020. The highest BCUT2D eigenvalue weighted by Crippen LogP contribution is 2.32. The van der Waals surface area contributed by atoms with Crippen molar-refractivity contribution in [1.82, 2.24) is 0 Å². The lowest BCUT2D eigenvalue weighted by Gasteiger charge is -2.10. The van der Waals surface area contributed by atoms with E-state index in [0.29, 0.717) is 28.9 Å². The van der Waals surface area contributed by atoms with Gasteiger partial charge < -0.3 is 14.3 Å². The van der Waals surface area contributed by atoms with Gasteiger partial charge in [-0.2, -0.15) is 0 Å². The third-order valence-electron chi connectivity index (χ3n) is 4.19. The SMILES string of the molecule is CCCCCOc1cc(SC)c2oc3ccc(C(=O)O)cc3c(=O)c2c1. The molecule has 0 unspecified atom stereocenters. The number of thioether (sulfide) groups is 1. The lowest BCUT2D eigenvalue weighted by molar-refractivity contribution is 0.0697. The van der Waals surface area contributed by atoms with Crippen LogP contribution in [0.25, 0.3) is 21.9 Å². The minimum absolute atomic E-state index is 0.0567. The van der Waals surface area contributed by atoms with Gasteiger partial charge in [0.1, 0.15) is 11.3 Å². The van der Waals surface area contributed by atoms with Crippen molar-refractivity contribution >= 4 is 39.7 Å². The molecule has 6 heteroatoms. The van der Waals surface area contributed by atoms with Crippen LogP contribution in [0, 0.1) is 0 Å². The molecule has 1 N–H and O–H groups in total. The van der Waals surface area contributed by atoms with Crippen molar-refractivity contribution in [3.8, 4) is 5.75 Å². The molecule has 1 heterocycles. The number of benzene rings is 2. The molecule has 0 aliphatic rings. The third-order valence-corrected chi connectivity index (χ3v) is 4.94. The monoisotopic (exact) mass is 372 g/mol. The molecule has 5 nitrogen and oxygen atoms in total. The summed E-state index contributed by atoms with van der Waals surface area (Å²) in [5.41, 5.74) is 0.679. The van der Waals surface area contributed by atoms with E-state index in [9.17, 15) is 9.59 Å². The average Bonchev–Trinajstić information content (AvgIpc) is 2.65. The molecule has 2 aromatic carbocycles. The number of ether oxygens (including phenoxy) is 1. The van der Waals surface area contributed by atoms with Gasteiger partial charge in [0.05, 0.1) is 27.8 Å². The van der Waals surface area contributed by atoms with Crippen molar-refractivity contribution in [3.63, 3.8) is 0 Å². The Labute approximate surface area is 155 Å². The van der Waals surface area contributed by atoms with Gasteiger partial charge in [-0.05, 0) is 43.0 Å². The summed E-state index contributed by atoms with van der Waals surface area (Å²) in [5, 5.41) is 9.82. The number of aromatic carboxylic acids is 1. The molecular formula is C20H20O5S. The fourth-order valence-electron chi connectivity index (χ4n) is 2.81. The van der Waals surface area contributed by atoms with Crippen LogP contribution in [-0.2, 0) is 0 Å². The van der Waals surface area contributed by atoms with E-state index in [2.05, 4.69) is 6.92 Å².